The number of nitrogens with one attached hydrogen (secondary N) is 2. The van der Waals surface area contributed by atoms with Crippen molar-refractivity contribution in [2.45, 2.75) is 32.1 Å². The Labute approximate surface area is 146 Å². The minimum Gasteiger partial charge on any atom is -0.284 e. The number of benzene rings is 2. The Kier molecular flexibility index (Phi) is 3.16. The minimum absolute atomic E-state index is 0.199. The largest absolute Gasteiger partial charge is 0.284 e. The summed E-state index contributed by atoms with van der Waals surface area (Å²) in [5, 5.41) is 13.5. The van der Waals surface area contributed by atoms with Crippen molar-refractivity contribution in [1.82, 2.24) is 20.9 Å². The Balaban J connectivity index is 1.46. The van der Waals surface area contributed by atoms with E-state index in [0.717, 1.165) is 30.1 Å². The zero-order valence-electron chi connectivity index (χ0n) is 14.1. The van der Waals surface area contributed by atoms with Gasteiger partial charge in [-0.2, -0.15) is 10.2 Å². The van der Waals surface area contributed by atoms with Gasteiger partial charge in [-0.25, -0.2) is 10.0 Å². The van der Waals surface area contributed by atoms with Crippen LogP contribution in [0.5, 0.6) is 0 Å². The molecule has 1 saturated heterocycles. The average molecular weight is 332 g/mol. The summed E-state index contributed by atoms with van der Waals surface area (Å²) in [5.74, 6) is 1.93. The van der Waals surface area contributed by atoms with Crippen LogP contribution >= 0.6 is 0 Å². The molecule has 2 aromatic rings. The molecule has 0 saturated carbocycles. The molecule has 2 N–H and O–H groups in total. The van der Waals surface area contributed by atoms with Gasteiger partial charge in [-0.15, -0.1) is 0 Å². The molecule has 6 nitrogen and oxygen atoms in total. The first-order chi connectivity index (χ1) is 12.3. The maximum absolute atomic E-state index is 4.62. The molecule has 0 aromatic heterocycles. The third-order valence-corrected chi connectivity index (χ3v) is 5.03. The quantitative estimate of drug-likeness (QED) is 0.887. The van der Waals surface area contributed by atoms with Gasteiger partial charge in [0.1, 0.15) is 18.2 Å². The molecule has 25 heavy (non-hydrogen) atoms. The van der Waals surface area contributed by atoms with E-state index in [4.69, 9.17) is 0 Å². The van der Waals surface area contributed by atoms with Crippen LogP contribution in [-0.4, -0.2) is 34.0 Å². The van der Waals surface area contributed by atoms with E-state index in [2.05, 4.69) is 79.6 Å². The lowest BCUT2D eigenvalue weighted by molar-refractivity contribution is -0.00425. The molecule has 2 aromatic carbocycles. The molecule has 126 valence electrons. The molecule has 1 fully saturated rings. The van der Waals surface area contributed by atoms with Gasteiger partial charge in [-0.1, -0.05) is 54.6 Å². The van der Waals surface area contributed by atoms with Gasteiger partial charge >= 0.3 is 0 Å². The monoisotopic (exact) mass is 332 g/mol. The van der Waals surface area contributed by atoms with E-state index in [9.17, 15) is 0 Å². The van der Waals surface area contributed by atoms with Crippen molar-refractivity contribution in [1.29, 1.82) is 0 Å². The van der Waals surface area contributed by atoms with E-state index < -0.39 is 0 Å². The lowest BCUT2D eigenvalue weighted by atomic mass is 10.0. The summed E-state index contributed by atoms with van der Waals surface area (Å²) in [6.45, 7) is 2.03. The second-order valence-electron chi connectivity index (χ2n) is 6.59. The highest BCUT2D eigenvalue weighted by atomic mass is 15.8. The maximum atomic E-state index is 4.62. The molecule has 0 bridgehead atoms. The topological polar surface area (TPSA) is 55.3 Å². The lowest BCUT2D eigenvalue weighted by Crippen LogP contribution is -2.61. The first-order valence-electron chi connectivity index (χ1n) is 8.68. The second-order valence-corrected chi connectivity index (χ2v) is 6.59. The molecule has 3 aliphatic rings. The maximum Gasteiger partial charge on any atom is 0.176 e. The molecule has 3 heterocycles. The molecular formula is C19H20N6. The summed E-state index contributed by atoms with van der Waals surface area (Å²) in [6, 6.07) is 19.0. The van der Waals surface area contributed by atoms with Gasteiger partial charge in [0.2, 0.25) is 0 Å². The van der Waals surface area contributed by atoms with Crippen LogP contribution in [0.25, 0.3) is 11.1 Å². The number of nitrogens with zero attached hydrogens (tertiary/aromatic N) is 4. The number of amidine groups is 2. The molecule has 0 amide bonds. The smallest absolute Gasteiger partial charge is 0.176 e. The Hall–Kier alpha value is -3.02. The van der Waals surface area contributed by atoms with Crippen LogP contribution in [0.2, 0.25) is 0 Å². The molecule has 5 rings (SSSR count). The fourth-order valence-corrected chi connectivity index (χ4v) is 3.78. The van der Waals surface area contributed by atoms with Gasteiger partial charge in [0.25, 0.3) is 0 Å². The predicted octanol–water partition coefficient (Wildman–Crippen LogP) is 2.52. The van der Waals surface area contributed by atoms with Crippen molar-refractivity contribution in [3.8, 4) is 11.1 Å². The van der Waals surface area contributed by atoms with Gasteiger partial charge in [-0.3, -0.25) is 10.9 Å². The fraction of sp³-hybridized carbons (Fsp3) is 0.263. The van der Waals surface area contributed by atoms with E-state index in [1.165, 1.54) is 11.1 Å². The van der Waals surface area contributed by atoms with Crippen LogP contribution in [0.3, 0.4) is 0 Å². The standard InChI is InChI=1S/C19H20N6/c1-13-20-21-17-11-12-18-22-23-19(25(18)24(13)17)16-9-7-15(8-10-16)14-5-3-2-4-6-14/h2-10,17-18,21-22H,11-12H2,1H3. The first-order valence-corrected chi connectivity index (χ1v) is 8.68. The summed E-state index contributed by atoms with van der Waals surface area (Å²) in [7, 11) is 0. The number of hydrogen-bond donors (Lipinski definition) is 2. The second kappa shape index (κ2) is 5.51. The summed E-state index contributed by atoms with van der Waals surface area (Å²) >= 11 is 0. The number of hydrazine groups is 1. The zero-order valence-corrected chi connectivity index (χ0v) is 14.1. The van der Waals surface area contributed by atoms with Crippen LogP contribution in [0.15, 0.2) is 64.8 Å². The number of hydrazone groups is 2. The summed E-state index contributed by atoms with van der Waals surface area (Å²) in [5.41, 5.74) is 10.0. The molecule has 2 atom stereocenters. The highest BCUT2D eigenvalue weighted by Gasteiger charge is 2.43. The predicted molar refractivity (Wildman–Crippen MR) is 98.3 cm³/mol. The average Bonchev–Trinajstić information content (AvgIpc) is 3.26. The third-order valence-electron chi connectivity index (χ3n) is 5.03. The highest BCUT2D eigenvalue weighted by molar-refractivity contribution is 6.01. The van der Waals surface area contributed by atoms with Crippen molar-refractivity contribution >= 4 is 11.7 Å². The van der Waals surface area contributed by atoms with E-state index in [1.807, 2.05) is 13.0 Å². The number of hydrogen-bond acceptors (Lipinski definition) is 6. The van der Waals surface area contributed by atoms with Crippen LogP contribution in [0, 0.1) is 0 Å². The zero-order chi connectivity index (χ0) is 16.8. The van der Waals surface area contributed by atoms with Crippen LogP contribution in [0.1, 0.15) is 25.3 Å². The molecule has 6 heteroatoms. The van der Waals surface area contributed by atoms with Crippen LogP contribution in [-0.2, 0) is 0 Å². The highest BCUT2D eigenvalue weighted by Crippen LogP contribution is 2.30. The van der Waals surface area contributed by atoms with Crippen LogP contribution < -0.4 is 10.9 Å². The van der Waals surface area contributed by atoms with E-state index in [1.54, 1.807) is 0 Å². The molecular weight excluding hydrogens is 312 g/mol. The minimum atomic E-state index is 0.199. The molecule has 0 spiro atoms. The van der Waals surface area contributed by atoms with Gasteiger partial charge in [0, 0.05) is 5.56 Å². The first kappa shape index (κ1) is 14.3. The Bertz CT molecular complexity index is 842. The Morgan fingerprint density at radius 3 is 2.12 bits per heavy atom. The van der Waals surface area contributed by atoms with Gasteiger partial charge < -0.3 is 0 Å². The van der Waals surface area contributed by atoms with Crippen LogP contribution in [0.4, 0.5) is 0 Å². The van der Waals surface area contributed by atoms with Gasteiger partial charge in [0.15, 0.2) is 5.84 Å². The number of fused-ring (bicyclic) bond motifs is 3. The molecule has 2 unspecified atom stereocenters. The summed E-state index contributed by atoms with van der Waals surface area (Å²) < 4.78 is 0. The Morgan fingerprint density at radius 2 is 1.36 bits per heavy atom. The molecule has 3 aliphatic heterocycles. The SMILES string of the molecule is CC1=NNC2CCC3NN=C(c4ccc(-c5ccccc5)cc4)N3N12. The molecule has 0 radical (unpaired) electrons. The normalized spacial score (nSPS) is 24.0. The van der Waals surface area contributed by atoms with Gasteiger partial charge in [-0.05, 0) is 30.9 Å². The van der Waals surface area contributed by atoms with Crippen molar-refractivity contribution in [2.24, 2.45) is 10.2 Å². The van der Waals surface area contributed by atoms with E-state index in [-0.39, 0.29) is 12.3 Å². The molecule has 0 aliphatic carbocycles. The van der Waals surface area contributed by atoms with E-state index in [0.29, 0.717) is 0 Å². The fourth-order valence-electron chi connectivity index (χ4n) is 3.78. The van der Waals surface area contributed by atoms with E-state index >= 15 is 0 Å². The number of rotatable bonds is 2. The summed E-state index contributed by atoms with van der Waals surface area (Å²) in [6.07, 6.45) is 2.51. The van der Waals surface area contributed by atoms with Crippen molar-refractivity contribution in [3.63, 3.8) is 0 Å². The Morgan fingerprint density at radius 1 is 0.760 bits per heavy atom. The van der Waals surface area contributed by atoms with Crippen molar-refractivity contribution < 1.29 is 0 Å². The summed E-state index contributed by atoms with van der Waals surface area (Å²) in [4.78, 5) is 0. The lowest BCUT2D eigenvalue weighted by Gasteiger charge is -2.43. The van der Waals surface area contributed by atoms with Crippen molar-refractivity contribution in [2.75, 3.05) is 0 Å². The third kappa shape index (κ3) is 2.25. The van der Waals surface area contributed by atoms with Gasteiger partial charge in [0.05, 0.1) is 0 Å². The van der Waals surface area contributed by atoms with Crippen molar-refractivity contribution in [3.05, 3.63) is 60.2 Å².